The first-order valence-electron chi connectivity index (χ1n) is 13.8. The summed E-state index contributed by atoms with van der Waals surface area (Å²) in [4.78, 5) is 30.3. The predicted molar refractivity (Wildman–Crippen MR) is 160 cm³/mol. The number of H-pyrrole nitrogens is 1. The topological polar surface area (TPSA) is 113 Å². The number of nitrogens with one attached hydrogen (secondary N) is 2. The van der Waals surface area contributed by atoms with E-state index in [1.807, 2.05) is 61.5 Å². The van der Waals surface area contributed by atoms with Crippen LogP contribution in [0.5, 0.6) is 11.5 Å². The molecule has 0 aliphatic carbocycles. The Morgan fingerprint density at radius 2 is 1.83 bits per heavy atom. The van der Waals surface area contributed by atoms with Crippen molar-refractivity contribution < 1.29 is 28.9 Å². The minimum Gasteiger partial charge on any atom is -0.493 e. The molecule has 9 nitrogen and oxygen atoms in total. The lowest BCUT2D eigenvalue weighted by molar-refractivity contribution is -0.125. The molecule has 10 heteroatoms. The van der Waals surface area contributed by atoms with Crippen molar-refractivity contribution in [2.24, 2.45) is 0 Å². The maximum absolute atomic E-state index is 13.5. The number of carbonyl (C=O) groups excluding carboxylic acids is 2. The number of aromatic nitrogens is 1. The Balaban J connectivity index is 1.33. The van der Waals surface area contributed by atoms with E-state index in [-0.39, 0.29) is 25.7 Å². The second-order valence-electron chi connectivity index (χ2n) is 10.3. The van der Waals surface area contributed by atoms with E-state index in [1.54, 1.807) is 17.0 Å². The van der Waals surface area contributed by atoms with Crippen LogP contribution >= 0.6 is 11.6 Å². The number of hydrogen-bond acceptors (Lipinski definition) is 6. The summed E-state index contributed by atoms with van der Waals surface area (Å²) in [6.45, 7) is 2.80. The average Bonchev–Trinajstić information content (AvgIpc) is 3.35. The monoisotopic (exact) mass is 591 g/mol. The first kappa shape index (κ1) is 29.4. The molecule has 0 saturated heterocycles. The molecule has 2 unspecified atom stereocenters. The maximum atomic E-state index is 13.5. The minimum absolute atomic E-state index is 0.0502. The lowest BCUT2D eigenvalue weighted by Gasteiger charge is -2.35. The van der Waals surface area contributed by atoms with Crippen LogP contribution in [0.3, 0.4) is 0 Å². The Kier molecular flexibility index (Phi) is 9.31. The Morgan fingerprint density at radius 3 is 2.57 bits per heavy atom. The van der Waals surface area contributed by atoms with Gasteiger partial charge in [-0.15, -0.1) is 0 Å². The molecule has 0 bridgehead atoms. The molecule has 5 rings (SSSR count). The van der Waals surface area contributed by atoms with Gasteiger partial charge in [-0.2, -0.15) is 0 Å². The Labute approximate surface area is 249 Å². The molecule has 0 spiro atoms. The second kappa shape index (κ2) is 13.3. The number of carbonyl (C=O) groups is 2. The fraction of sp³-hybridized carbons (Fsp3) is 0.312. The van der Waals surface area contributed by atoms with Crippen LogP contribution in [0.4, 0.5) is 4.79 Å². The van der Waals surface area contributed by atoms with Crippen LogP contribution in [0.1, 0.15) is 34.8 Å². The second-order valence-corrected chi connectivity index (χ2v) is 10.8. The third-order valence-corrected chi connectivity index (χ3v) is 7.51. The number of methoxy groups -OCH3 is 1. The summed E-state index contributed by atoms with van der Waals surface area (Å²) in [5, 5.41) is 14.4. The fourth-order valence-corrected chi connectivity index (χ4v) is 5.32. The van der Waals surface area contributed by atoms with Crippen molar-refractivity contribution in [2.75, 3.05) is 33.4 Å². The van der Waals surface area contributed by atoms with Crippen molar-refractivity contribution in [3.8, 4) is 11.5 Å². The van der Waals surface area contributed by atoms with Gasteiger partial charge in [-0.1, -0.05) is 41.4 Å². The Hall–Kier alpha value is -4.05. The van der Waals surface area contributed by atoms with Gasteiger partial charge in [0.25, 0.3) is 0 Å². The van der Waals surface area contributed by atoms with Crippen molar-refractivity contribution in [1.29, 1.82) is 0 Å². The standard InChI is InChI=1S/C32H34ClN3O6/c1-20-3-8-25(9-4-20)42-32(39)36-15-13-26-27-17-22(33)7-12-28(27)35-30(26)31(36)21-5-10-24(11-6-21)41-16-14-23(37)18-34-29(38)19-40-2/h3-12,17,23,31,35,37H,13-16,18-19H2,1-2H3,(H,34,38). The summed E-state index contributed by atoms with van der Waals surface area (Å²) in [5.74, 6) is 0.833. The van der Waals surface area contributed by atoms with Crippen molar-refractivity contribution in [3.63, 3.8) is 0 Å². The quantitative estimate of drug-likeness (QED) is 0.235. The fourth-order valence-electron chi connectivity index (χ4n) is 5.14. The summed E-state index contributed by atoms with van der Waals surface area (Å²) in [6, 6.07) is 20.3. The van der Waals surface area contributed by atoms with E-state index in [9.17, 15) is 14.7 Å². The van der Waals surface area contributed by atoms with Crippen LogP contribution in [-0.4, -0.2) is 66.5 Å². The smallest absolute Gasteiger partial charge is 0.416 e. The molecule has 0 fully saturated rings. The van der Waals surface area contributed by atoms with Gasteiger partial charge in [0, 0.05) is 48.2 Å². The summed E-state index contributed by atoms with van der Waals surface area (Å²) in [6.07, 6.45) is -0.172. The molecule has 1 aliphatic heterocycles. The molecule has 0 saturated carbocycles. The van der Waals surface area contributed by atoms with Crippen LogP contribution in [0.15, 0.2) is 66.7 Å². The third-order valence-electron chi connectivity index (χ3n) is 7.28. The Morgan fingerprint density at radius 1 is 1.10 bits per heavy atom. The van der Waals surface area contributed by atoms with E-state index in [0.717, 1.165) is 33.3 Å². The number of aromatic amines is 1. The number of ether oxygens (including phenoxy) is 3. The average molecular weight is 592 g/mol. The van der Waals surface area contributed by atoms with E-state index < -0.39 is 18.2 Å². The first-order valence-corrected chi connectivity index (χ1v) is 14.2. The van der Waals surface area contributed by atoms with Crippen molar-refractivity contribution in [1.82, 2.24) is 15.2 Å². The molecule has 42 heavy (non-hydrogen) atoms. The number of halogens is 1. The van der Waals surface area contributed by atoms with Gasteiger partial charge >= 0.3 is 6.09 Å². The van der Waals surface area contributed by atoms with Gasteiger partial charge < -0.3 is 29.6 Å². The summed E-state index contributed by atoms with van der Waals surface area (Å²) >= 11 is 6.32. The van der Waals surface area contributed by atoms with Gasteiger partial charge in [0.2, 0.25) is 5.91 Å². The summed E-state index contributed by atoms with van der Waals surface area (Å²) < 4.78 is 16.4. The van der Waals surface area contributed by atoms with Crippen LogP contribution in [0.25, 0.3) is 10.9 Å². The van der Waals surface area contributed by atoms with Gasteiger partial charge in [-0.3, -0.25) is 9.69 Å². The number of aliphatic hydroxyl groups is 1. The van der Waals surface area contributed by atoms with E-state index in [4.69, 9.17) is 25.8 Å². The molecule has 2 heterocycles. The molecule has 220 valence electrons. The molecule has 3 aromatic carbocycles. The zero-order valence-electron chi connectivity index (χ0n) is 23.6. The number of benzene rings is 3. The molecule has 2 amide bonds. The summed E-state index contributed by atoms with van der Waals surface area (Å²) in [5.41, 5.74) is 4.98. The SMILES string of the molecule is COCC(=O)NCC(O)CCOc1ccc(C2c3[nH]c4ccc(Cl)cc4c3CCN2C(=O)Oc2ccc(C)cc2)cc1. The first-order chi connectivity index (χ1) is 20.3. The highest BCUT2D eigenvalue weighted by molar-refractivity contribution is 6.31. The molecule has 3 N–H and O–H groups in total. The highest BCUT2D eigenvalue weighted by atomic mass is 35.5. The normalized spacial score (nSPS) is 15.2. The number of fused-ring (bicyclic) bond motifs is 3. The molecule has 1 aliphatic rings. The summed E-state index contributed by atoms with van der Waals surface area (Å²) in [7, 11) is 1.44. The molecule has 2 atom stereocenters. The number of rotatable bonds is 10. The van der Waals surface area contributed by atoms with E-state index in [0.29, 0.717) is 35.9 Å². The Bertz CT molecular complexity index is 1540. The number of nitrogens with zero attached hydrogens (tertiary/aromatic N) is 1. The molecular weight excluding hydrogens is 558 g/mol. The highest BCUT2D eigenvalue weighted by Gasteiger charge is 2.35. The molecule has 4 aromatic rings. The van der Waals surface area contributed by atoms with Crippen LogP contribution in [-0.2, 0) is 16.0 Å². The number of amides is 2. The number of hydrogen-bond donors (Lipinski definition) is 3. The largest absolute Gasteiger partial charge is 0.493 e. The number of aryl methyl sites for hydroxylation is 1. The highest BCUT2D eigenvalue weighted by Crippen LogP contribution is 2.40. The van der Waals surface area contributed by atoms with Crippen molar-refractivity contribution in [3.05, 3.63) is 94.1 Å². The maximum Gasteiger partial charge on any atom is 0.416 e. The van der Waals surface area contributed by atoms with Gasteiger partial charge in [0.1, 0.15) is 24.1 Å². The lowest BCUT2D eigenvalue weighted by atomic mass is 9.92. The van der Waals surface area contributed by atoms with Crippen molar-refractivity contribution in [2.45, 2.75) is 31.9 Å². The van der Waals surface area contributed by atoms with Crippen LogP contribution < -0.4 is 14.8 Å². The van der Waals surface area contributed by atoms with Crippen LogP contribution in [0.2, 0.25) is 5.02 Å². The zero-order chi connectivity index (χ0) is 29.6. The predicted octanol–water partition coefficient (Wildman–Crippen LogP) is 5.17. The van der Waals surface area contributed by atoms with Gasteiger partial charge in [0.15, 0.2) is 0 Å². The van der Waals surface area contributed by atoms with Gasteiger partial charge in [-0.25, -0.2) is 4.79 Å². The lowest BCUT2D eigenvalue weighted by Crippen LogP contribution is -2.42. The zero-order valence-corrected chi connectivity index (χ0v) is 24.3. The molecule has 0 radical (unpaired) electrons. The number of aliphatic hydroxyl groups excluding tert-OH is 1. The van der Waals surface area contributed by atoms with Crippen molar-refractivity contribution >= 4 is 34.5 Å². The molecule has 1 aromatic heterocycles. The third kappa shape index (κ3) is 6.87. The van der Waals surface area contributed by atoms with E-state index in [2.05, 4.69) is 10.3 Å². The van der Waals surface area contributed by atoms with E-state index >= 15 is 0 Å². The molecular formula is C32H34ClN3O6. The van der Waals surface area contributed by atoms with E-state index in [1.165, 1.54) is 7.11 Å². The van der Waals surface area contributed by atoms with Crippen LogP contribution in [0, 0.1) is 6.92 Å². The van der Waals surface area contributed by atoms with Gasteiger partial charge in [-0.05, 0) is 66.9 Å². The van der Waals surface area contributed by atoms with Gasteiger partial charge in [0.05, 0.1) is 12.7 Å². The minimum atomic E-state index is -0.741.